The summed E-state index contributed by atoms with van der Waals surface area (Å²) < 4.78 is 15.9. The van der Waals surface area contributed by atoms with Gasteiger partial charge in [-0.25, -0.2) is 0 Å². The van der Waals surface area contributed by atoms with Gasteiger partial charge in [0.1, 0.15) is 23.9 Å². The predicted molar refractivity (Wildman–Crippen MR) is 68.1 cm³/mol. The molecule has 0 unspecified atom stereocenters. The van der Waals surface area contributed by atoms with Gasteiger partial charge in [-0.15, -0.1) is 6.58 Å². The van der Waals surface area contributed by atoms with Crippen LogP contribution in [0.25, 0.3) is 0 Å². The van der Waals surface area contributed by atoms with Crippen LogP contribution in [0.2, 0.25) is 0 Å². The first-order valence-electron chi connectivity index (χ1n) is 5.47. The van der Waals surface area contributed by atoms with Gasteiger partial charge in [0.25, 0.3) is 0 Å². The van der Waals surface area contributed by atoms with Crippen molar-refractivity contribution >= 4 is 0 Å². The quantitative estimate of drug-likeness (QED) is 0.553. The van der Waals surface area contributed by atoms with Crippen LogP contribution < -0.4 is 19.5 Å². The summed E-state index contributed by atoms with van der Waals surface area (Å²) in [6.45, 7) is 5.76. The first kappa shape index (κ1) is 13.4. The topological polar surface area (TPSA) is 39.7 Å². The molecule has 17 heavy (non-hydrogen) atoms. The van der Waals surface area contributed by atoms with Gasteiger partial charge < -0.3 is 19.5 Å². The molecule has 94 valence electrons. The van der Waals surface area contributed by atoms with E-state index in [1.807, 2.05) is 24.3 Å². The maximum atomic E-state index is 5.58. The molecule has 0 radical (unpaired) electrons. The second-order valence-corrected chi connectivity index (χ2v) is 3.39. The van der Waals surface area contributed by atoms with Gasteiger partial charge in [0.15, 0.2) is 0 Å². The van der Waals surface area contributed by atoms with Crippen molar-refractivity contribution in [2.45, 2.75) is 0 Å². The highest BCUT2D eigenvalue weighted by Crippen LogP contribution is 2.27. The van der Waals surface area contributed by atoms with Crippen LogP contribution in [0.1, 0.15) is 0 Å². The standard InChI is InChI=1S/C13H19NO3/c1-4-5-14-6-7-17-13-9-11(15-2)8-12(10-13)16-3/h4,8-10,14H,1,5-7H2,2-3H3. The average Bonchev–Trinajstić information content (AvgIpc) is 2.38. The van der Waals surface area contributed by atoms with E-state index in [0.29, 0.717) is 6.61 Å². The third kappa shape index (κ3) is 4.78. The van der Waals surface area contributed by atoms with Crippen LogP contribution >= 0.6 is 0 Å². The average molecular weight is 237 g/mol. The van der Waals surface area contributed by atoms with Crippen LogP contribution in [0.4, 0.5) is 0 Å². The smallest absolute Gasteiger partial charge is 0.126 e. The normalized spacial score (nSPS) is 9.76. The predicted octanol–water partition coefficient (Wildman–Crippen LogP) is 1.86. The number of ether oxygens (including phenoxy) is 3. The van der Waals surface area contributed by atoms with E-state index < -0.39 is 0 Å². The lowest BCUT2D eigenvalue weighted by molar-refractivity contribution is 0.310. The maximum Gasteiger partial charge on any atom is 0.126 e. The lowest BCUT2D eigenvalue weighted by Crippen LogP contribution is -2.20. The van der Waals surface area contributed by atoms with Crippen LogP contribution in [0, 0.1) is 0 Å². The molecule has 4 heteroatoms. The molecule has 1 aromatic rings. The van der Waals surface area contributed by atoms with E-state index in [4.69, 9.17) is 14.2 Å². The van der Waals surface area contributed by atoms with Crippen LogP contribution in [0.3, 0.4) is 0 Å². The van der Waals surface area contributed by atoms with E-state index in [0.717, 1.165) is 30.3 Å². The highest BCUT2D eigenvalue weighted by atomic mass is 16.5. The van der Waals surface area contributed by atoms with E-state index in [-0.39, 0.29) is 0 Å². The van der Waals surface area contributed by atoms with Crippen molar-refractivity contribution in [2.75, 3.05) is 33.9 Å². The monoisotopic (exact) mass is 237 g/mol. The third-order valence-corrected chi connectivity index (χ3v) is 2.16. The van der Waals surface area contributed by atoms with E-state index in [1.54, 1.807) is 14.2 Å². The molecule has 0 aliphatic heterocycles. The minimum absolute atomic E-state index is 0.587. The molecule has 1 aromatic carbocycles. The van der Waals surface area contributed by atoms with E-state index in [9.17, 15) is 0 Å². The molecule has 0 spiro atoms. The van der Waals surface area contributed by atoms with E-state index in [1.165, 1.54) is 0 Å². The number of hydrogen-bond donors (Lipinski definition) is 1. The van der Waals surface area contributed by atoms with Crippen molar-refractivity contribution in [1.29, 1.82) is 0 Å². The molecule has 0 amide bonds. The van der Waals surface area contributed by atoms with Crippen molar-refractivity contribution in [3.05, 3.63) is 30.9 Å². The van der Waals surface area contributed by atoms with Crippen LogP contribution in [-0.2, 0) is 0 Å². The highest BCUT2D eigenvalue weighted by Gasteiger charge is 2.02. The molecule has 1 N–H and O–H groups in total. The number of hydrogen-bond acceptors (Lipinski definition) is 4. The van der Waals surface area contributed by atoms with Gasteiger partial charge in [-0.2, -0.15) is 0 Å². The molecule has 0 atom stereocenters. The lowest BCUT2D eigenvalue weighted by Gasteiger charge is -2.10. The number of nitrogens with one attached hydrogen (secondary N) is 1. The molecule has 0 aliphatic carbocycles. The number of benzene rings is 1. The fourth-order valence-corrected chi connectivity index (χ4v) is 1.31. The Balaban J connectivity index is 2.48. The molecule has 0 saturated heterocycles. The van der Waals surface area contributed by atoms with Crippen molar-refractivity contribution in [3.8, 4) is 17.2 Å². The molecule has 0 aliphatic rings. The molecule has 0 heterocycles. The maximum absolute atomic E-state index is 5.58. The molecular formula is C13H19NO3. The Morgan fingerprint density at radius 2 is 1.71 bits per heavy atom. The van der Waals surface area contributed by atoms with Gasteiger partial charge in [-0.1, -0.05) is 6.08 Å². The van der Waals surface area contributed by atoms with Crippen LogP contribution in [-0.4, -0.2) is 33.9 Å². The minimum Gasteiger partial charge on any atom is -0.496 e. The summed E-state index contributed by atoms with van der Waals surface area (Å²) in [5.41, 5.74) is 0. The molecule has 0 fully saturated rings. The van der Waals surface area contributed by atoms with Crippen LogP contribution in [0.5, 0.6) is 17.2 Å². The summed E-state index contributed by atoms with van der Waals surface area (Å²) in [6.07, 6.45) is 1.81. The fraction of sp³-hybridized carbons (Fsp3) is 0.385. The van der Waals surface area contributed by atoms with Gasteiger partial charge in [-0.05, 0) is 0 Å². The summed E-state index contributed by atoms with van der Waals surface area (Å²) in [4.78, 5) is 0. The van der Waals surface area contributed by atoms with Gasteiger partial charge in [0.05, 0.1) is 14.2 Å². The van der Waals surface area contributed by atoms with Gasteiger partial charge in [0.2, 0.25) is 0 Å². The summed E-state index contributed by atoms with van der Waals surface area (Å²) in [6, 6.07) is 5.47. The Hall–Kier alpha value is -1.68. The minimum atomic E-state index is 0.587. The molecule has 0 bridgehead atoms. The largest absolute Gasteiger partial charge is 0.496 e. The van der Waals surface area contributed by atoms with Gasteiger partial charge in [0, 0.05) is 31.3 Å². The number of methoxy groups -OCH3 is 2. The lowest BCUT2D eigenvalue weighted by atomic mass is 10.3. The first-order chi connectivity index (χ1) is 8.30. The first-order valence-corrected chi connectivity index (χ1v) is 5.47. The second kappa shape index (κ2) is 7.57. The Morgan fingerprint density at radius 3 is 2.24 bits per heavy atom. The summed E-state index contributed by atoms with van der Waals surface area (Å²) >= 11 is 0. The van der Waals surface area contributed by atoms with E-state index >= 15 is 0 Å². The fourth-order valence-electron chi connectivity index (χ4n) is 1.31. The Kier molecular flexibility index (Phi) is 5.96. The van der Waals surface area contributed by atoms with Crippen molar-refractivity contribution in [2.24, 2.45) is 0 Å². The number of rotatable bonds is 8. The zero-order chi connectivity index (χ0) is 12.5. The molecule has 0 saturated carbocycles. The SMILES string of the molecule is C=CCNCCOc1cc(OC)cc(OC)c1. The summed E-state index contributed by atoms with van der Waals surface area (Å²) in [5, 5.41) is 3.16. The second-order valence-electron chi connectivity index (χ2n) is 3.39. The summed E-state index contributed by atoms with van der Waals surface area (Å²) in [7, 11) is 3.23. The van der Waals surface area contributed by atoms with Crippen molar-refractivity contribution < 1.29 is 14.2 Å². The van der Waals surface area contributed by atoms with Crippen LogP contribution in [0.15, 0.2) is 30.9 Å². The zero-order valence-electron chi connectivity index (χ0n) is 10.4. The Labute approximate surface area is 102 Å². The molecule has 4 nitrogen and oxygen atoms in total. The van der Waals surface area contributed by atoms with Gasteiger partial charge in [-0.3, -0.25) is 0 Å². The summed E-state index contributed by atoms with van der Waals surface area (Å²) in [5.74, 6) is 2.18. The Bertz CT molecular complexity index is 330. The molecule has 0 aromatic heterocycles. The van der Waals surface area contributed by atoms with E-state index in [2.05, 4.69) is 11.9 Å². The molecule has 1 rings (SSSR count). The highest BCUT2D eigenvalue weighted by molar-refractivity contribution is 5.41. The zero-order valence-corrected chi connectivity index (χ0v) is 10.4. The van der Waals surface area contributed by atoms with Crippen molar-refractivity contribution in [1.82, 2.24) is 5.32 Å². The Morgan fingerprint density at radius 1 is 1.12 bits per heavy atom. The molecular weight excluding hydrogens is 218 g/mol. The third-order valence-electron chi connectivity index (χ3n) is 2.16. The van der Waals surface area contributed by atoms with Gasteiger partial charge >= 0.3 is 0 Å². The van der Waals surface area contributed by atoms with Crippen molar-refractivity contribution in [3.63, 3.8) is 0 Å².